The number of carboxylic acids is 1. The van der Waals surface area contributed by atoms with Crippen LogP contribution in [0.2, 0.25) is 0 Å². The van der Waals surface area contributed by atoms with Crippen molar-refractivity contribution in [2.45, 2.75) is 16.6 Å². The number of thiazole rings is 1. The number of carbonyl (C=O) groups is 3. The van der Waals surface area contributed by atoms with Crippen LogP contribution in [0.25, 0.3) is 0 Å². The van der Waals surface area contributed by atoms with Crippen LogP contribution in [0.3, 0.4) is 0 Å². The van der Waals surface area contributed by atoms with Crippen LogP contribution in [0, 0.1) is 0 Å². The number of carboxylic acid groups (broad SMARTS) is 1. The smallest absolute Gasteiger partial charge is 0.543 e. The summed E-state index contributed by atoms with van der Waals surface area (Å²) in [6, 6.07) is -0.952. The van der Waals surface area contributed by atoms with Crippen molar-refractivity contribution in [2.24, 2.45) is 12.2 Å². The number of rotatable bonds is 8. The Labute approximate surface area is 227 Å². The summed E-state index contributed by atoms with van der Waals surface area (Å²) >= 11 is 3.69. The molecule has 0 aliphatic carbocycles. The molecule has 1 fully saturated rings. The van der Waals surface area contributed by atoms with E-state index in [9.17, 15) is 19.5 Å². The number of aliphatic carboxylic acids is 1. The first-order valence-corrected chi connectivity index (χ1v) is 12.1. The number of nitrogens with one attached hydrogen (secondary N) is 1. The number of aromatic nitrogens is 5. The molecule has 1 saturated heterocycles. The van der Waals surface area contributed by atoms with Gasteiger partial charge in [0.1, 0.15) is 24.2 Å². The number of hydrogen-bond acceptors (Lipinski definition) is 14. The summed E-state index contributed by atoms with van der Waals surface area (Å²) in [5.41, 5.74) is 5.97. The molecule has 4 heterocycles. The van der Waals surface area contributed by atoms with Crippen LogP contribution in [0.5, 0.6) is 0 Å². The zero-order chi connectivity index (χ0) is 23.7. The maximum atomic E-state index is 12.8. The number of nitrogen functional groups attached to an aromatic ring is 1. The quantitative estimate of drug-likeness (QED) is 0.108. The Balaban J connectivity index is 0.00000324. The van der Waals surface area contributed by atoms with E-state index in [1.807, 2.05) is 0 Å². The zero-order valence-electron chi connectivity index (χ0n) is 18.1. The van der Waals surface area contributed by atoms with Crippen molar-refractivity contribution in [3.8, 4) is 0 Å². The molecule has 3 N–H and O–H groups in total. The molecule has 18 heteroatoms. The maximum Gasteiger partial charge on any atom is 1.00 e. The predicted molar refractivity (Wildman–Crippen MR) is 117 cm³/mol. The largest absolute Gasteiger partial charge is 1.00 e. The van der Waals surface area contributed by atoms with Crippen LogP contribution in [0.1, 0.15) is 5.69 Å². The molecule has 174 valence electrons. The number of nitrogens with two attached hydrogens (primary N) is 1. The van der Waals surface area contributed by atoms with Crippen molar-refractivity contribution < 1.29 is 53.9 Å². The number of tetrazole rings is 1. The summed E-state index contributed by atoms with van der Waals surface area (Å²) in [6.07, 6.45) is 0. The third-order valence-electron chi connectivity index (χ3n) is 4.65. The van der Waals surface area contributed by atoms with Crippen molar-refractivity contribution in [1.82, 2.24) is 35.4 Å². The standard InChI is InChI=1S/C16H17N9O5S3.Na/c1-24-16(20-22-23-24)33-4-6-3-31-13-9(12(27)25(13)10(6)14(28)29)19-11(26)8(21-30-2)7-5-32-15(17)18-7;/h5,9,13H,3-4H2,1-2H3,(H2,17,18)(H,19,26)(H,28,29);/q;+1/p-1/b21-8-;/t9?,13-;/m0./s1. The molecule has 34 heavy (non-hydrogen) atoms. The molecule has 0 saturated carbocycles. The third-order valence-corrected chi connectivity index (χ3v) is 7.76. The predicted octanol–water partition coefficient (Wildman–Crippen LogP) is -5.20. The second kappa shape index (κ2) is 11.0. The summed E-state index contributed by atoms with van der Waals surface area (Å²) < 4.78 is 1.46. The molecular weight excluding hydrogens is 517 g/mol. The fourth-order valence-corrected chi connectivity index (χ4v) is 6.06. The number of aryl methyl sites for hydroxylation is 1. The summed E-state index contributed by atoms with van der Waals surface area (Å²) in [5.74, 6) is -2.16. The number of anilines is 1. The van der Waals surface area contributed by atoms with Gasteiger partial charge in [-0.3, -0.25) is 14.5 Å². The fraction of sp³-hybridized carbons (Fsp3) is 0.375. The fourth-order valence-electron chi connectivity index (χ4n) is 3.18. The molecule has 2 atom stereocenters. The van der Waals surface area contributed by atoms with Gasteiger partial charge in [0.15, 0.2) is 10.8 Å². The molecular formula is C16H16N9NaO5S3. The molecule has 0 radical (unpaired) electrons. The van der Waals surface area contributed by atoms with Crippen molar-refractivity contribution >= 4 is 63.5 Å². The van der Waals surface area contributed by atoms with E-state index in [4.69, 9.17) is 10.6 Å². The Morgan fingerprint density at radius 2 is 2.24 bits per heavy atom. The maximum absolute atomic E-state index is 12.8. The minimum atomic E-state index is -1.47. The molecule has 4 rings (SSSR count). The molecule has 1 unspecified atom stereocenters. The number of fused-ring (bicyclic) bond motifs is 1. The van der Waals surface area contributed by atoms with E-state index < -0.39 is 29.2 Å². The Morgan fingerprint density at radius 3 is 2.82 bits per heavy atom. The van der Waals surface area contributed by atoms with Gasteiger partial charge in [-0.1, -0.05) is 16.9 Å². The van der Waals surface area contributed by atoms with Gasteiger partial charge in [0, 0.05) is 23.9 Å². The number of carbonyl (C=O) groups excluding carboxylic acids is 3. The van der Waals surface area contributed by atoms with Crippen LogP contribution in [-0.2, 0) is 26.3 Å². The van der Waals surface area contributed by atoms with E-state index in [-0.39, 0.29) is 57.5 Å². The monoisotopic (exact) mass is 533 g/mol. The van der Waals surface area contributed by atoms with E-state index in [0.717, 1.165) is 16.2 Å². The zero-order valence-corrected chi connectivity index (χ0v) is 22.6. The van der Waals surface area contributed by atoms with Crippen molar-refractivity contribution in [3.63, 3.8) is 0 Å². The number of hydrogen-bond donors (Lipinski definition) is 2. The second-order valence-corrected chi connectivity index (χ2v) is 9.60. The average Bonchev–Trinajstić information content (AvgIpc) is 3.40. The number of amides is 2. The minimum absolute atomic E-state index is 0. The summed E-state index contributed by atoms with van der Waals surface area (Å²) in [7, 11) is 2.93. The van der Waals surface area contributed by atoms with Gasteiger partial charge in [-0.05, 0) is 16.0 Å². The molecule has 2 aliphatic rings. The number of β-lactam (4-membered cyclic amide) rings is 1. The first-order chi connectivity index (χ1) is 15.8. The van der Waals surface area contributed by atoms with E-state index in [1.54, 1.807) is 7.05 Å². The van der Waals surface area contributed by atoms with Gasteiger partial charge in [0.25, 0.3) is 11.8 Å². The minimum Gasteiger partial charge on any atom is -0.543 e. The van der Waals surface area contributed by atoms with Crippen LogP contribution >= 0.6 is 34.9 Å². The van der Waals surface area contributed by atoms with Crippen LogP contribution in [0.15, 0.2) is 27.0 Å². The molecule has 0 bridgehead atoms. The normalized spacial score (nSPS) is 19.8. The van der Waals surface area contributed by atoms with Gasteiger partial charge in [0.05, 0.1) is 11.7 Å². The first-order valence-electron chi connectivity index (χ1n) is 9.18. The number of oxime groups is 1. The van der Waals surface area contributed by atoms with E-state index in [0.29, 0.717) is 16.5 Å². The second-order valence-electron chi connectivity index (χ2n) is 6.67. The topological polar surface area (TPSA) is 194 Å². The molecule has 2 amide bonds. The number of nitrogens with zero attached hydrogens (tertiary/aromatic N) is 7. The van der Waals surface area contributed by atoms with Crippen LogP contribution in [0.4, 0.5) is 5.13 Å². The summed E-state index contributed by atoms with van der Waals surface area (Å²) in [5, 5.41) is 30.9. The summed E-state index contributed by atoms with van der Waals surface area (Å²) in [6.45, 7) is 0. The van der Waals surface area contributed by atoms with Gasteiger partial charge in [0.2, 0.25) is 5.16 Å². The van der Waals surface area contributed by atoms with E-state index in [2.05, 4.69) is 31.0 Å². The Bertz CT molecular complexity index is 1180. The average molecular weight is 534 g/mol. The van der Waals surface area contributed by atoms with Crippen molar-refractivity contribution in [1.29, 1.82) is 0 Å². The third kappa shape index (κ3) is 5.08. The number of thioether (sulfide) groups is 2. The van der Waals surface area contributed by atoms with E-state index >= 15 is 0 Å². The van der Waals surface area contributed by atoms with Gasteiger partial charge >= 0.3 is 29.6 Å². The molecule has 0 spiro atoms. The molecule has 0 aromatic carbocycles. The van der Waals surface area contributed by atoms with Crippen molar-refractivity contribution in [3.05, 3.63) is 22.3 Å². The van der Waals surface area contributed by atoms with Crippen molar-refractivity contribution in [2.75, 3.05) is 24.3 Å². The van der Waals surface area contributed by atoms with Gasteiger partial charge in [-0.25, -0.2) is 9.67 Å². The van der Waals surface area contributed by atoms with Crippen LogP contribution in [-0.4, -0.2) is 83.6 Å². The van der Waals surface area contributed by atoms with Crippen LogP contribution < -0.4 is 45.7 Å². The Hall–Kier alpha value is -2.18. The first kappa shape index (κ1) is 26.4. The molecule has 2 aromatic rings. The molecule has 2 aromatic heterocycles. The van der Waals surface area contributed by atoms with E-state index in [1.165, 1.54) is 40.7 Å². The Morgan fingerprint density at radius 1 is 1.47 bits per heavy atom. The SMILES string of the molecule is CO/N=C(\C(=O)NC1C(=O)N2C(C(=O)[O-])=C(CSc3nnnn3C)CS[C@@H]12)c1csc(N)n1.[Na+]. The Kier molecular flexibility index (Phi) is 8.58. The molecule has 2 aliphatic heterocycles. The van der Waals surface area contributed by atoms with Gasteiger partial charge < -0.3 is 25.8 Å². The van der Waals surface area contributed by atoms with Gasteiger partial charge in [-0.2, -0.15) is 0 Å². The molecule has 14 nitrogen and oxygen atoms in total. The summed E-state index contributed by atoms with van der Waals surface area (Å²) in [4.78, 5) is 47.3. The van der Waals surface area contributed by atoms with Gasteiger partial charge in [-0.15, -0.1) is 28.2 Å².